The van der Waals surface area contributed by atoms with E-state index in [-0.39, 0.29) is 35.8 Å². The second kappa shape index (κ2) is 7.51. The van der Waals surface area contributed by atoms with Gasteiger partial charge in [-0.05, 0) is 30.2 Å². The Morgan fingerprint density at radius 2 is 1.77 bits per heavy atom. The van der Waals surface area contributed by atoms with Gasteiger partial charge in [-0.1, -0.05) is 30.3 Å². The van der Waals surface area contributed by atoms with Crippen LogP contribution in [0.4, 0.5) is 8.78 Å². The van der Waals surface area contributed by atoms with Crippen LogP contribution in [0.25, 0.3) is 11.4 Å². The number of nitrogens with one attached hydrogen (secondary N) is 1. The zero-order chi connectivity index (χ0) is 22.3. The first-order valence-corrected chi connectivity index (χ1v) is 9.42. The van der Waals surface area contributed by atoms with Crippen molar-refractivity contribution in [2.75, 3.05) is 0 Å². The number of carboxylic acids is 1. The highest BCUT2D eigenvalue weighted by Crippen LogP contribution is 2.28. The molecule has 0 radical (unpaired) electrons. The monoisotopic (exact) mass is 424 g/mol. The first-order valence-electron chi connectivity index (χ1n) is 9.42. The zero-order valence-electron chi connectivity index (χ0n) is 16.4. The molecule has 4 rings (SSSR count). The van der Waals surface area contributed by atoms with E-state index in [0.29, 0.717) is 22.5 Å². The van der Waals surface area contributed by atoms with Crippen LogP contribution in [0.5, 0.6) is 0 Å². The predicted octanol–water partition coefficient (Wildman–Crippen LogP) is 2.51. The van der Waals surface area contributed by atoms with Gasteiger partial charge in [0.05, 0.1) is 29.1 Å². The summed E-state index contributed by atoms with van der Waals surface area (Å²) in [5.74, 6) is -3.27. The van der Waals surface area contributed by atoms with E-state index in [0.717, 1.165) is 12.1 Å². The van der Waals surface area contributed by atoms with Crippen molar-refractivity contribution in [1.82, 2.24) is 15.3 Å². The third kappa shape index (κ3) is 3.64. The molecule has 0 spiro atoms. The van der Waals surface area contributed by atoms with Crippen LogP contribution in [0.1, 0.15) is 39.8 Å². The lowest BCUT2D eigenvalue weighted by Crippen LogP contribution is -2.41. The maximum absolute atomic E-state index is 14.3. The molecule has 1 aromatic heterocycles. The summed E-state index contributed by atoms with van der Waals surface area (Å²) in [6, 6.07) is 10.00. The molecule has 1 aliphatic rings. The molecular formula is C22H18F2N4O3. The fourth-order valence-corrected chi connectivity index (χ4v) is 3.44. The number of benzene rings is 2. The number of hydrogen-bond acceptors (Lipinski definition) is 5. The fraction of sp³-hybridized carbons (Fsp3) is 0.182. The smallest absolute Gasteiger partial charge is 0.328 e. The molecule has 7 nitrogen and oxygen atoms in total. The molecular weight excluding hydrogens is 406 g/mol. The molecule has 1 atom stereocenters. The Morgan fingerprint density at radius 3 is 2.39 bits per heavy atom. The molecule has 0 saturated carbocycles. The molecule has 2 aromatic carbocycles. The second-order valence-corrected chi connectivity index (χ2v) is 7.48. The maximum atomic E-state index is 14.3. The Labute approximate surface area is 176 Å². The standard InChI is InChI=1S/C22H18F2N4O3/c1-22(25,21(30)31)12-7-5-11(6-8-12)9-15-18-16(10-26-20(18)29)28-19(27-15)17-13(23)3-2-4-14(17)24/h2-8H,9-10,25H2,1H3,(H,26,29)(H,30,31)/t22-/m1/s1. The Morgan fingerprint density at radius 1 is 1.13 bits per heavy atom. The highest BCUT2D eigenvalue weighted by atomic mass is 19.1. The maximum Gasteiger partial charge on any atom is 0.328 e. The van der Waals surface area contributed by atoms with E-state index in [1.807, 2.05) is 0 Å². The van der Waals surface area contributed by atoms with Gasteiger partial charge in [-0.25, -0.2) is 23.5 Å². The number of nitrogens with two attached hydrogens (primary N) is 1. The van der Waals surface area contributed by atoms with Crippen LogP contribution in [0.2, 0.25) is 0 Å². The molecule has 0 bridgehead atoms. The van der Waals surface area contributed by atoms with Crippen LogP contribution in [-0.4, -0.2) is 27.0 Å². The number of fused-ring (bicyclic) bond motifs is 1. The van der Waals surface area contributed by atoms with Crippen molar-refractivity contribution >= 4 is 11.9 Å². The molecule has 3 aromatic rings. The highest BCUT2D eigenvalue weighted by molar-refractivity contribution is 5.99. The van der Waals surface area contributed by atoms with Crippen molar-refractivity contribution < 1.29 is 23.5 Å². The summed E-state index contributed by atoms with van der Waals surface area (Å²) in [6.45, 7) is 1.52. The van der Waals surface area contributed by atoms with Gasteiger partial charge in [-0.15, -0.1) is 0 Å². The van der Waals surface area contributed by atoms with Gasteiger partial charge < -0.3 is 16.2 Å². The van der Waals surface area contributed by atoms with Gasteiger partial charge >= 0.3 is 5.97 Å². The number of rotatable bonds is 5. The van der Waals surface area contributed by atoms with Gasteiger partial charge in [-0.2, -0.15) is 0 Å². The summed E-state index contributed by atoms with van der Waals surface area (Å²) in [4.78, 5) is 32.2. The van der Waals surface area contributed by atoms with Crippen LogP contribution in [0.3, 0.4) is 0 Å². The molecule has 158 valence electrons. The molecule has 2 heterocycles. The molecule has 4 N–H and O–H groups in total. The quantitative estimate of drug-likeness (QED) is 0.579. The first kappa shape index (κ1) is 20.5. The molecule has 1 aliphatic heterocycles. The summed E-state index contributed by atoms with van der Waals surface area (Å²) in [5, 5.41) is 11.9. The lowest BCUT2D eigenvalue weighted by molar-refractivity contribution is -0.143. The van der Waals surface area contributed by atoms with Crippen LogP contribution >= 0.6 is 0 Å². The molecule has 0 saturated heterocycles. The molecule has 0 fully saturated rings. The molecule has 31 heavy (non-hydrogen) atoms. The second-order valence-electron chi connectivity index (χ2n) is 7.48. The Kier molecular flexibility index (Phi) is 4.98. The van der Waals surface area contributed by atoms with Gasteiger partial charge in [0.25, 0.3) is 5.91 Å². The molecule has 1 amide bonds. The van der Waals surface area contributed by atoms with E-state index < -0.39 is 23.1 Å². The molecule has 9 heteroatoms. The number of halogens is 2. The predicted molar refractivity (Wildman–Crippen MR) is 107 cm³/mol. The van der Waals surface area contributed by atoms with Crippen molar-refractivity contribution in [2.45, 2.75) is 25.4 Å². The molecule has 0 unspecified atom stereocenters. The fourth-order valence-electron chi connectivity index (χ4n) is 3.44. The van der Waals surface area contributed by atoms with E-state index in [9.17, 15) is 23.5 Å². The van der Waals surface area contributed by atoms with Gasteiger partial charge in [0.15, 0.2) is 5.82 Å². The number of carboxylic acid groups (broad SMARTS) is 1. The topological polar surface area (TPSA) is 118 Å². The largest absolute Gasteiger partial charge is 0.480 e. The van der Waals surface area contributed by atoms with Crippen molar-refractivity contribution in [1.29, 1.82) is 0 Å². The number of carbonyl (C=O) groups excluding carboxylic acids is 1. The highest BCUT2D eigenvalue weighted by Gasteiger charge is 2.31. The van der Waals surface area contributed by atoms with E-state index in [4.69, 9.17) is 5.73 Å². The van der Waals surface area contributed by atoms with Crippen molar-refractivity contribution in [3.05, 3.63) is 82.2 Å². The lowest BCUT2D eigenvalue weighted by atomic mass is 9.92. The van der Waals surface area contributed by atoms with E-state index in [1.54, 1.807) is 24.3 Å². The summed E-state index contributed by atoms with van der Waals surface area (Å²) < 4.78 is 28.6. The van der Waals surface area contributed by atoms with Gasteiger partial charge in [0, 0.05) is 6.42 Å². The number of carbonyl (C=O) groups is 2. The Bertz CT molecular complexity index is 1190. The Hall–Kier alpha value is -3.72. The number of aliphatic carboxylic acids is 1. The van der Waals surface area contributed by atoms with Crippen molar-refractivity contribution in [3.8, 4) is 11.4 Å². The summed E-state index contributed by atoms with van der Waals surface area (Å²) in [7, 11) is 0. The van der Waals surface area contributed by atoms with Crippen molar-refractivity contribution in [2.24, 2.45) is 5.73 Å². The van der Waals surface area contributed by atoms with E-state index >= 15 is 0 Å². The van der Waals surface area contributed by atoms with Gasteiger partial charge in [0.2, 0.25) is 0 Å². The van der Waals surface area contributed by atoms with Crippen LogP contribution < -0.4 is 11.1 Å². The number of amides is 1. The van der Waals surface area contributed by atoms with Gasteiger partial charge in [0.1, 0.15) is 17.2 Å². The molecule has 0 aliphatic carbocycles. The zero-order valence-corrected chi connectivity index (χ0v) is 16.4. The minimum Gasteiger partial charge on any atom is -0.480 e. The number of hydrogen-bond donors (Lipinski definition) is 3. The minimum absolute atomic E-state index is 0.135. The first-order chi connectivity index (χ1) is 14.7. The van der Waals surface area contributed by atoms with Crippen LogP contribution in [0.15, 0.2) is 42.5 Å². The Balaban J connectivity index is 1.76. The SMILES string of the molecule is C[C@](N)(C(=O)O)c1ccc(Cc2nc(-c3c(F)cccc3F)nc3c2C(=O)NC3)cc1. The summed E-state index contributed by atoms with van der Waals surface area (Å²) in [6.07, 6.45) is 0.177. The van der Waals surface area contributed by atoms with Crippen LogP contribution in [0, 0.1) is 11.6 Å². The van der Waals surface area contributed by atoms with Crippen LogP contribution in [-0.2, 0) is 23.3 Å². The summed E-state index contributed by atoms with van der Waals surface area (Å²) in [5.41, 5.74) is 6.01. The number of aromatic nitrogens is 2. The van der Waals surface area contributed by atoms with Gasteiger partial charge in [-0.3, -0.25) is 4.79 Å². The average molecular weight is 424 g/mol. The normalized spacial score (nSPS) is 14.6. The number of nitrogens with zero attached hydrogens (tertiary/aromatic N) is 2. The van der Waals surface area contributed by atoms with E-state index in [1.165, 1.54) is 13.0 Å². The lowest BCUT2D eigenvalue weighted by Gasteiger charge is -2.20. The minimum atomic E-state index is -1.55. The average Bonchev–Trinajstić information content (AvgIpc) is 3.09. The van der Waals surface area contributed by atoms with E-state index in [2.05, 4.69) is 15.3 Å². The summed E-state index contributed by atoms with van der Waals surface area (Å²) >= 11 is 0. The van der Waals surface area contributed by atoms with Crippen molar-refractivity contribution in [3.63, 3.8) is 0 Å². The third-order valence-corrected chi connectivity index (χ3v) is 5.26. The third-order valence-electron chi connectivity index (χ3n) is 5.26.